The molecular formula is C25H34N2O4S. The summed E-state index contributed by atoms with van der Waals surface area (Å²) in [5.74, 6) is 2.21. The second-order valence-electron chi connectivity index (χ2n) is 8.16. The summed E-state index contributed by atoms with van der Waals surface area (Å²) in [5, 5.41) is 0. The van der Waals surface area contributed by atoms with E-state index in [4.69, 9.17) is 9.47 Å². The van der Waals surface area contributed by atoms with Crippen LogP contribution >= 0.6 is 0 Å². The number of hydrogen-bond donors (Lipinski definition) is 0. The molecule has 1 aliphatic rings. The van der Waals surface area contributed by atoms with Crippen molar-refractivity contribution < 1.29 is 18.5 Å². The topological polar surface area (TPSA) is 59.1 Å². The van der Waals surface area contributed by atoms with Crippen LogP contribution in [0.3, 0.4) is 0 Å². The molecule has 0 aliphatic carbocycles. The van der Waals surface area contributed by atoms with Gasteiger partial charge in [-0.3, -0.25) is 9.00 Å². The van der Waals surface area contributed by atoms with Crippen molar-refractivity contribution in [1.29, 1.82) is 0 Å². The third kappa shape index (κ3) is 6.56. The Labute approximate surface area is 194 Å². The molecule has 0 spiro atoms. The molecule has 1 atom stereocenters. The Morgan fingerprint density at radius 2 is 1.66 bits per heavy atom. The van der Waals surface area contributed by atoms with Gasteiger partial charge in [0.1, 0.15) is 0 Å². The minimum absolute atomic E-state index is 0.164. The maximum Gasteiger partial charge on any atom is 0.227 e. The molecule has 3 rings (SSSR count). The lowest BCUT2D eigenvalue weighted by molar-refractivity contribution is -0.130. The van der Waals surface area contributed by atoms with E-state index in [-0.39, 0.29) is 5.91 Å². The number of methoxy groups -OCH3 is 2. The molecule has 32 heavy (non-hydrogen) atoms. The summed E-state index contributed by atoms with van der Waals surface area (Å²) < 4.78 is 23.1. The normalized spacial score (nSPS) is 14.8. The van der Waals surface area contributed by atoms with E-state index in [1.54, 1.807) is 14.2 Å². The highest BCUT2D eigenvalue weighted by Gasteiger charge is 2.22. The minimum Gasteiger partial charge on any atom is -0.493 e. The molecule has 0 fully saturated rings. The first-order valence-corrected chi connectivity index (χ1v) is 12.5. The fourth-order valence-corrected chi connectivity index (χ4v) is 5.14. The molecule has 1 amide bonds. The summed E-state index contributed by atoms with van der Waals surface area (Å²) >= 11 is 0. The van der Waals surface area contributed by atoms with E-state index >= 15 is 0 Å². The van der Waals surface area contributed by atoms with Gasteiger partial charge in [0.2, 0.25) is 5.91 Å². The first-order valence-electron chi connectivity index (χ1n) is 11.2. The highest BCUT2D eigenvalue weighted by atomic mass is 32.2. The average molecular weight is 459 g/mol. The van der Waals surface area contributed by atoms with Gasteiger partial charge in [-0.05, 0) is 74.8 Å². The first kappa shape index (κ1) is 24.3. The second kappa shape index (κ2) is 12.0. The number of hydrogen-bond acceptors (Lipinski definition) is 5. The molecule has 0 radical (unpaired) electrons. The molecule has 2 aromatic carbocycles. The van der Waals surface area contributed by atoms with Crippen molar-refractivity contribution >= 4 is 16.7 Å². The van der Waals surface area contributed by atoms with Crippen molar-refractivity contribution in [2.75, 3.05) is 53.2 Å². The van der Waals surface area contributed by atoms with Gasteiger partial charge < -0.3 is 19.3 Å². The van der Waals surface area contributed by atoms with Gasteiger partial charge in [0, 0.05) is 23.7 Å². The largest absolute Gasteiger partial charge is 0.493 e. The molecule has 0 bridgehead atoms. The number of ether oxygens (including phenoxy) is 2. The van der Waals surface area contributed by atoms with E-state index in [1.165, 1.54) is 0 Å². The van der Waals surface area contributed by atoms with E-state index in [9.17, 15) is 9.00 Å². The monoisotopic (exact) mass is 458 g/mol. The Hall–Kier alpha value is -2.38. The van der Waals surface area contributed by atoms with Crippen molar-refractivity contribution in [2.45, 2.75) is 30.6 Å². The fraction of sp³-hybridized carbons (Fsp3) is 0.480. The zero-order chi connectivity index (χ0) is 22.9. The molecule has 1 unspecified atom stereocenters. The summed E-state index contributed by atoms with van der Waals surface area (Å²) in [6.07, 6.45) is 3.03. The summed E-state index contributed by atoms with van der Waals surface area (Å²) in [7, 11) is 4.40. The van der Waals surface area contributed by atoms with Gasteiger partial charge in [-0.1, -0.05) is 18.2 Å². The maximum absolute atomic E-state index is 12.8. The molecule has 0 saturated carbocycles. The maximum atomic E-state index is 12.8. The van der Waals surface area contributed by atoms with Crippen LogP contribution < -0.4 is 9.47 Å². The summed E-state index contributed by atoms with van der Waals surface area (Å²) in [6, 6.07) is 13.6. The highest BCUT2D eigenvalue weighted by molar-refractivity contribution is 7.85. The second-order valence-corrected chi connectivity index (χ2v) is 9.73. The van der Waals surface area contributed by atoms with Gasteiger partial charge in [0.15, 0.2) is 11.5 Å². The van der Waals surface area contributed by atoms with E-state index < -0.39 is 10.8 Å². The molecule has 6 nitrogen and oxygen atoms in total. The van der Waals surface area contributed by atoms with Crippen LogP contribution in [0.4, 0.5) is 0 Å². The molecule has 174 valence electrons. The van der Waals surface area contributed by atoms with Gasteiger partial charge in [-0.15, -0.1) is 0 Å². The number of carbonyl (C=O) groups excluding carboxylic acids is 1. The van der Waals surface area contributed by atoms with Crippen LogP contribution in [0, 0.1) is 0 Å². The minimum atomic E-state index is -0.938. The Balaban J connectivity index is 1.42. The van der Waals surface area contributed by atoms with Gasteiger partial charge in [0.05, 0.1) is 31.4 Å². The van der Waals surface area contributed by atoms with Crippen molar-refractivity contribution in [1.82, 2.24) is 9.80 Å². The fourth-order valence-electron chi connectivity index (χ4n) is 4.05. The first-order chi connectivity index (χ1) is 15.5. The number of benzene rings is 2. The number of rotatable bonds is 11. The number of amides is 1. The van der Waals surface area contributed by atoms with Gasteiger partial charge in [0.25, 0.3) is 0 Å². The number of nitrogens with zero attached hydrogens (tertiary/aromatic N) is 2. The van der Waals surface area contributed by atoms with Gasteiger partial charge in [-0.2, -0.15) is 0 Å². The van der Waals surface area contributed by atoms with Crippen LogP contribution in [0.2, 0.25) is 0 Å². The predicted octanol–water partition coefficient (Wildman–Crippen LogP) is 3.15. The Kier molecular flexibility index (Phi) is 9.11. The smallest absolute Gasteiger partial charge is 0.227 e. The van der Waals surface area contributed by atoms with E-state index in [2.05, 4.69) is 11.9 Å². The molecule has 1 aliphatic heterocycles. The zero-order valence-electron chi connectivity index (χ0n) is 19.3. The van der Waals surface area contributed by atoms with Crippen molar-refractivity contribution in [2.24, 2.45) is 0 Å². The number of fused-ring (bicyclic) bond motifs is 1. The van der Waals surface area contributed by atoms with Gasteiger partial charge in [-0.25, -0.2) is 0 Å². The van der Waals surface area contributed by atoms with Crippen LogP contribution in [0.5, 0.6) is 11.5 Å². The quantitative estimate of drug-likeness (QED) is 0.518. The molecular weight excluding hydrogens is 424 g/mol. The molecule has 1 heterocycles. The zero-order valence-corrected chi connectivity index (χ0v) is 20.2. The van der Waals surface area contributed by atoms with E-state index in [0.29, 0.717) is 23.7 Å². The standard InChI is InChI=1S/C25H34N2O4S/c1-26(13-8-16-32(29)22-9-5-4-6-10-22)12-7-14-27-15-11-20-17-23(30-2)24(31-3)18-21(20)19-25(27)28/h4-6,9-10,17-18H,7-8,11-16,19H2,1-3H3. The van der Waals surface area contributed by atoms with Crippen LogP contribution in [-0.4, -0.2) is 73.1 Å². The number of carbonyl (C=O) groups is 1. The summed E-state index contributed by atoms with van der Waals surface area (Å²) in [4.78, 5) is 17.9. The van der Waals surface area contributed by atoms with Crippen molar-refractivity contribution in [3.63, 3.8) is 0 Å². The van der Waals surface area contributed by atoms with Gasteiger partial charge >= 0.3 is 0 Å². The SMILES string of the molecule is COc1cc2c(cc1OC)CC(=O)N(CCCN(C)CCCS(=O)c1ccccc1)CC2. The van der Waals surface area contributed by atoms with Crippen molar-refractivity contribution in [3.8, 4) is 11.5 Å². The summed E-state index contributed by atoms with van der Waals surface area (Å²) in [5.41, 5.74) is 2.18. The molecule has 2 aromatic rings. The predicted molar refractivity (Wildman–Crippen MR) is 128 cm³/mol. The average Bonchev–Trinajstić information content (AvgIpc) is 2.96. The summed E-state index contributed by atoms with van der Waals surface area (Å²) in [6.45, 7) is 3.29. The Bertz CT molecular complexity index is 920. The van der Waals surface area contributed by atoms with Crippen LogP contribution in [0.25, 0.3) is 0 Å². The molecule has 0 N–H and O–H groups in total. The van der Waals surface area contributed by atoms with Crippen LogP contribution in [0.15, 0.2) is 47.4 Å². The molecule has 0 aromatic heterocycles. The third-order valence-corrected chi connectivity index (χ3v) is 7.35. The lowest BCUT2D eigenvalue weighted by Crippen LogP contribution is -2.35. The Morgan fingerprint density at radius 3 is 2.34 bits per heavy atom. The van der Waals surface area contributed by atoms with Crippen LogP contribution in [0.1, 0.15) is 24.0 Å². The molecule has 0 saturated heterocycles. The van der Waals surface area contributed by atoms with Crippen LogP contribution in [-0.2, 0) is 28.4 Å². The third-order valence-electron chi connectivity index (χ3n) is 5.89. The Morgan fingerprint density at radius 1 is 1.00 bits per heavy atom. The lowest BCUT2D eigenvalue weighted by atomic mass is 10.0. The highest BCUT2D eigenvalue weighted by Crippen LogP contribution is 2.32. The molecule has 7 heteroatoms. The van der Waals surface area contributed by atoms with Crippen molar-refractivity contribution in [3.05, 3.63) is 53.6 Å². The van der Waals surface area contributed by atoms with E-state index in [1.807, 2.05) is 47.4 Å². The lowest BCUT2D eigenvalue weighted by Gasteiger charge is -2.22. The van der Waals surface area contributed by atoms with E-state index in [0.717, 1.165) is 61.5 Å².